The quantitative estimate of drug-likeness (QED) is 0.692. The number of piperazine rings is 1. The van der Waals surface area contributed by atoms with Crippen LogP contribution in [0, 0.1) is 0 Å². The second-order valence-electron chi connectivity index (χ2n) is 6.28. The molecular weight excluding hydrogens is 334 g/mol. The van der Waals surface area contributed by atoms with E-state index in [0.717, 1.165) is 38.5 Å². The number of carbonyl (C=O) groups excluding carboxylic acids is 2. The number of amides is 2. The van der Waals surface area contributed by atoms with Gasteiger partial charge in [-0.05, 0) is 30.8 Å². The van der Waals surface area contributed by atoms with Gasteiger partial charge in [-0.2, -0.15) is 0 Å². The van der Waals surface area contributed by atoms with Crippen molar-refractivity contribution in [2.45, 2.75) is 13.8 Å². The van der Waals surface area contributed by atoms with Crippen molar-refractivity contribution in [2.75, 3.05) is 59.5 Å². The van der Waals surface area contributed by atoms with Crippen LogP contribution in [0.1, 0.15) is 13.8 Å². The fourth-order valence-electron chi connectivity index (χ4n) is 2.87. The molecule has 0 unspecified atom stereocenters. The minimum absolute atomic E-state index is 0.000371. The van der Waals surface area contributed by atoms with Crippen LogP contribution in [0.4, 0.5) is 0 Å². The van der Waals surface area contributed by atoms with Crippen molar-refractivity contribution < 1.29 is 19.1 Å². The lowest BCUT2D eigenvalue weighted by molar-refractivity contribution is -0.140. The van der Waals surface area contributed by atoms with Gasteiger partial charge >= 0.3 is 0 Å². The Morgan fingerprint density at radius 3 is 2.23 bits per heavy atom. The molecule has 0 spiro atoms. The predicted molar refractivity (Wildman–Crippen MR) is 99.4 cm³/mol. The number of methoxy groups -OCH3 is 1. The summed E-state index contributed by atoms with van der Waals surface area (Å²) >= 11 is 0. The van der Waals surface area contributed by atoms with Crippen molar-refractivity contribution in [1.82, 2.24) is 14.7 Å². The number of rotatable bonds is 8. The average Bonchev–Trinajstić information content (AvgIpc) is 2.67. The molecule has 0 aromatic heterocycles. The summed E-state index contributed by atoms with van der Waals surface area (Å²) in [5.74, 6) is 1.34. The van der Waals surface area contributed by atoms with E-state index in [1.54, 1.807) is 7.11 Å². The van der Waals surface area contributed by atoms with Gasteiger partial charge in [0.2, 0.25) is 11.8 Å². The van der Waals surface area contributed by atoms with Crippen molar-refractivity contribution >= 4 is 11.8 Å². The van der Waals surface area contributed by atoms with Crippen LogP contribution in [0.15, 0.2) is 24.3 Å². The Hall–Kier alpha value is -2.28. The zero-order valence-electron chi connectivity index (χ0n) is 15.9. The molecule has 144 valence electrons. The Morgan fingerprint density at radius 2 is 1.69 bits per heavy atom. The Balaban J connectivity index is 1.78. The van der Waals surface area contributed by atoms with Crippen molar-refractivity contribution in [3.63, 3.8) is 0 Å². The van der Waals surface area contributed by atoms with Crippen LogP contribution in [0.2, 0.25) is 0 Å². The summed E-state index contributed by atoms with van der Waals surface area (Å²) in [4.78, 5) is 30.0. The third-order valence-electron chi connectivity index (χ3n) is 4.63. The molecule has 7 heteroatoms. The van der Waals surface area contributed by atoms with E-state index in [4.69, 9.17) is 9.47 Å². The molecule has 0 N–H and O–H groups in total. The van der Waals surface area contributed by atoms with Crippen molar-refractivity contribution in [2.24, 2.45) is 0 Å². The summed E-state index contributed by atoms with van der Waals surface area (Å²) in [6.45, 7) is 8.66. The monoisotopic (exact) mass is 363 g/mol. The van der Waals surface area contributed by atoms with Crippen LogP contribution in [0.5, 0.6) is 11.5 Å². The molecule has 0 bridgehead atoms. The summed E-state index contributed by atoms with van der Waals surface area (Å²) < 4.78 is 10.8. The lowest BCUT2D eigenvalue weighted by Gasteiger charge is -2.35. The van der Waals surface area contributed by atoms with Crippen LogP contribution in [0.3, 0.4) is 0 Å². The molecule has 26 heavy (non-hydrogen) atoms. The van der Waals surface area contributed by atoms with Gasteiger partial charge in [-0.25, -0.2) is 0 Å². The fourth-order valence-corrected chi connectivity index (χ4v) is 2.87. The Morgan fingerprint density at radius 1 is 1.08 bits per heavy atom. The molecule has 1 aliphatic heterocycles. The van der Waals surface area contributed by atoms with E-state index in [0.29, 0.717) is 18.9 Å². The highest BCUT2D eigenvalue weighted by Crippen LogP contribution is 2.16. The number of benzene rings is 1. The number of ether oxygens (including phenoxy) is 2. The minimum Gasteiger partial charge on any atom is -0.497 e. The first-order valence-electron chi connectivity index (χ1n) is 9.06. The van der Waals surface area contributed by atoms with Gasteiger partial charge in [0.15, 0.2) is 0 Å². The number of hydrogen-bond donors (Lipinski definition) is 0. The molecule has 0 aliphatic carbocycles. The second-order valence-corrected chi connectivity index (χ2v) is 6.28. The van der Waals surface area contributed by atoms with E-state index >= 15 is 0 Å². The van der Waals surface area contributed by atoms with Gasteiger partial charge in [-0.15, -0.1) is 0 Å². The third-order valence-corrected chi connectivity index (χ3v) is 4.63. The molecule has 2 amide bonds. The van der Waals surface area contributed by atoms with Gasteiger partial charge in [-0.3, -0.25) is 9.59 Å². The molecule has 1 aromatic rings. The van der Waals surface area contributed by atoms with Crippen LogP contribution in [0.25, 0.3) is 0 Å². The first kappa shape index (κ1) is 20.0. The summed E-state index contributed by atoms with van der Waals surface area (Å²) in [7, 11) is 1.61. The second kappa shape index (κ2) is 10.0. The van der Waals surface area contributed by atoms with Gasteiger partial charge in [0.1, 0.15) is 18.1 Å². The molecule has 1 aromatic carbocycles. The minimum atomic E-state index is -0.121. The molecule has 2 rings (SSSR count). The van der Waals surface area contributed by atoms with Gasteiger partial charge in [0, 0.05) is 33.1 Å². The summed E-state index contributed by atoms with van der Waals surface area (Å²) in [6.07, 6.45) is 0. The average molecular weight is 363 g/mol. The number of hydrogen-bond acceptors (Lipinski definition) is 5. The fraction of sp³-hybridized carbons (Fsp3) is 0.579. The first-order valence-corrected chi connectivity index (χ1v) is 9.06. The van der Waals surface area contributed by atoms with Gasteiger partial charge in [-0.1, -0.05) is 6.92 Å². The topological polar surface area (TPSA) is 62.3 Å². The Kier molecular flexibility index (Phi) is 7.72. The summed E-state index contributed by atoms with van der Waals surface area (Å²) in [6, 6.07) is 7.26. The predicted octanol–water partition coefficient (Wildman–Crippen LogP) is 1.09. The zero-order valence-corrected chi connectivity index (χ0v) is 15.9. The molecule has 1 fully saturated rings. The van der Waals surface area contributed by atoms with E-state index in [9.17, 15) is 9.59 Å². The van der Waals surface area contributed by atoms with E-state index in [2.05, 4.69) is 11.8 Å². The summed E-state index contributed by atoms with van der Waals surface area (Å²) in [5, 5.41) is 0. The summed E-state index contributed by atoms with van der Waals surface area (Å²) in [5.41, 5.74) is 0. The van der Waals surface area contributed by atoms with Gasteiger partial charge < -0.3 is 24.2 Å². The van der Waals surface area contributed by atoms with Crippen LogP contribution in [-0.4, -0.2) is 86.0 Å². The molecule has 7 nitrogen and oxygen atoms in total. The highest BCUT2D eigenvalue weighted by Gasteiger charge is 2.22. The number of carbonyl (C=O) groups is 2. The molecule has 0 saturated carbocycles. The lowest BCUT2D eigenvalue weighted by atomic mass is 10.3. The molecule has 1 saturated heterocycles. The van der Waals surface area contributed by atoms with E-state index in [1.807, 2.05) is 29.2 Å². The van der Waals surface area contributed by atoms with Crippen LogP contribution < -0.4 is 9.47 Å². The Bertz CT molecular complexity index is 583. The number of likely N-dealkylation sites (N-methyl/N-ethyl adjacent to an activating group) is 1. The molecule has 0 atom stereocenters. The molecular formula is C19H29N3O4. The van der Waals surface area contributed by atoms with Crippen LogP contribution >= 0.6 is 0 Å². The maximum atomic E-state index is 12.5. The SMILES string of the molecule is CCN1CCN(C(=O)CN(CCOc2ccc(OC)cc2)C(C)=O)CC1. The van der Waals surface area contributed by atoms with E-state index in [-0.39, 0.29) is 18.4 Å². The molecule has 1 aliphatic rings. The first-order chi connectivity index (χ1) is 12.5. The number of nitrogens with zero attached hydrogens (tertiary/aromatic N) is 3. The third kappa shape index (κ3) is 5.91. The molecule has 0 radical (unpaired) electrons. The molecule has 1 heterocycles. The standard InChI is InChI=1S/C19H29N3O4/c1-4-20-9-11-21(12-10-20)19(24)15-22(16(2)23)13-14-26-18-7-5-17(25-3)6-8-18/h5-8H,4,9-15H2,1-3H3. The Labute approximate surface area is 155 Å². The highest BCUT2D eigenvalue weighted by molar-refractivity contribution is 5.83. The van der Waals surface area contributed by atoms with Gasteiger partial charge in [0.25, 0.3) is 0 Å². The van der Waals surface area contributed by atoms with Crippen molar-refractivity contribution in [3.05, 3.63) is 24.3 Å². The van der Waals surface area contributed by atoms with Crippen molar-refractivity contribution in [3.8, 4) is 11.5 Å². The zero-order chi connectivity index (χ0) is 18.9. The normalized spacial score (nSPS) is 14.8. The van der Waals surface area contributed by atoms with E-state index < -0.39 is 0 Å². The smallest absolute Gasteiger partial charge is 0.242 e. The maximum Gasteiger partial charge on any atom is 0.242 e. The highest BCUT2D eigenvalue weighted by atomic mass is 16.5. The van der Waals surface area contributed by atoms with Crippen LogP contribution in [-0.2, 0) is 9.59 Å². The maximum absolute atomic E-state index is 12.5. The van der Waals surface area contributed by atoms with Gasteiger partial charge in [0.05, 0.1) is 20.2 Å². The largest absolute Gasteiger partial charge is 0.497 e. The van der Waals surface area contributed by atoms with Crippen molar-refractivity contribution in [1.29, 1.82) is 0 Å². The lowest BCUT2D eigenvalue weighted by Crippen LogP contribution is -2.51. The van der Waals surface area contributed by atoms with E-state index in [1.165, 1.54) is 11.8 Å².